The largest absolute Gasteiger partial charge is 0.508 e. The van der Waals surface area contributed by atoms with Gasteiger partial charge in [0.15, 0.2) is 0 Å². The average Bonchev–Trinajstić information content (AvgIpc) is 2.17. The predicted octanol–water partition coefficient (Wildman–Crippen LogP) is 0.913. The first kappa shape index (κ1) is 9.54. The fourth-order valence-electron chi connectivity index (χ4n) is 1.00. The van der Waals surface area contributed by atoms with E-state index >= 15 is 0 Å². The van der Waals surface area contributed by atoms with Gasteiger partial charge in [0.25, 0.3) is 0 Å². The highest BCUT2D eigenvalue weighted by atomic mass is 16.7. The summed E-state index contributed by atoms with van der Waals surface area (Å²) in [5, 5.41) is 8.99. The maximum Gasteiger partial charge on any atom is 0.331 e. The molecule has 0 spiro atoms. The second kappa shape index (κ2) is 3.91. The average molecular weight is 181 g/mol. The summed E-state index contributed by atoms with van der Waals surface area (Å²) in [5.41, 5.74) is 0.758. The van der Waals surface area contributed by atoms with Crippen molar-refractivity contribution in [2.45, 2.75) is 12.8 Å². The van der Waals surface area contributed by atoms with Crippen molar-refractivity contribution in [3.8, 4) is 5.75 Å². The van der Waals surface area contributed by atoms with E-state index in [1.165, 1.54) is 12.1 Å². The van der Waals surface area contributed by atoms with Crippen molar-refractivity contribution in [3.63, 3.8) is 0 Å². The summed E-state index contributed by atoms with van der Waals surface area (Å²) in [7, 11) is 0. The number of hydrogen-bond acceptors (Lipinski definition) is 4. The third-order valence-electron chi connectivity index (χ3n) is 1.86. The summed E-state index contributed by atoms with van der Waals surface area (Å²) >= 11 is 0. The Balaban J connectivity index is 2.83. The third kappa shape index (κ3) is 2.19. The lowest BCUT2D eigenvalue weighted by Gasteiger charge is -2.07. The Kier molecular flexibility index (Phi) is 2.87. The zero-order valence-electron chi connectivity index (χ0n) is 7.23. The molecule has 1 rings (SSSR count). The van der Waals surface area contributed by atoms with E-state index < -0.39 is 11.9 Å². The van der Waals surface area contributed by atoms with Crippen LogP contribution in [0.4, 0.5) is 0 Å². The maximum atomic E-state index is 11.0. The summed E-state index contributed by atoms with van der Waals surface area (Å²) in [6.07, 6.45) is 0. The summed E-state index contributed by atoms with van der Waals surface area (Å²) in [5.74, 6) is 4.00. The number of aromatic hydroxyl groups is 1. The molecule has 0 aliphatic carbocycles. The highest BCUT2D eigenvalue weighted by Crippen LogP contribution is 2.18. The summed E-state index contributed by atoms with van der Waals surface area (Å²) in [6, 6.07) is 6.32. The molecular formula is C9H11NO3. The lowest BCUT2D eigenvalue weighted by atomic mass is 10.0. The zero-order valence-corrected chi connectivity index (χ0v) is 7.23. The van der Waals surface area contributed by atoms with Crippen LogP contribution in [0.2, 0.25) is 0 Å². The van der Waals surface area contributed by atoms with E-state index in [2.05, 4.69) is 4.84 Å². The first-order chi connectivity index (χ1) is 6.15. The van der Waals surface area contributed by atoms with Gasteiger partial charge in [-0.25, -0.2) is 4.79 Å². The second-order valence-electron chi connectivity index (χ2n) is 2.75. The number of phenols is 1. The molecule has 13 heavy (non-hydrogen) atoms. The smallest absolute Gasteiger partial charge is 0.331 e. The number of nitrogens with two attached hydrogens (primary N) is 1. The molecule has 4 nitrogen and oxygen atoms in total. The van der Waals surface area contributed by atoms with Crippen LogP contribution in [0.25, 0.3) is 0 Å². The molecule has 1 atom stereocenters. The molecule has 0 bridgehead atoms. The molecule has 0 aliphatic heterocycles. The number of rotatable bonds is 2. The van der Waals surface area contributed by atoms with Crippen LogP contribution in [0.1, 0.15) is 18.4 Å². The Labute approximate surface area is 75.9 Å². The molecule has 3 N–H and O–H groups in total. The molecule has 0 fully saturated rings. The molecule has 1 aromatic carbocycles. The van der Waals surface area contributed by atoms with Gasteiger partial charge in [0.05, 0.1) is 5.92 Å². The van der Waals surface area contributed by atoms with Gasteiger partial charge in [-0.1, -0.05) is 12.1 Å². The molecule has 0 saturated heterocycles. The van der Waals surface area contributed by atoms with E-state index in [1.54, 1.807) is 19.1 Å². The minimum Gasteiger partial charge on any atom is -0.508 e. The fourth-order valence-corrected chi connectivity index (χ4v) is 1.00. The Bertz CT molecular complexity index is 294. The van der Waals surface area contributed by atoms with Gasteiger partial charge < -0.3 is 9.94 Å². The van der Waals surface area contributed by atoms with Gasteiger partial charge in [-0.2, -0.15) is 5.90 Å². The van der Waals surface area contributed by atoms with Crippen LogP contribution in [0.3, 0.4) is 0 Å². The van der Waals surface area contributed by atoms with Gasteiger partial charge in [0.2, 0.25) is 0 Å². The maximum absolute atomic E-state index is 11.0. The minimum atomic E-state index is -0.495. The van der Waals surface area contributed by atoms with Crippen molar-refractivity contribution in [3.05, 3.63) is 29.8 Å². The van der Waals surface area contributed by atoms with Crippen LogP contribution in [0.15, 0.2) is 24.3 Å². The lowest BCUT2D eigenvalue weighted by molar-refractivity contribution is -0.145. The van der Waals surface area contributed by atoms with Gasteiger partial charge in [-0.3, -0.25) is 0 Å². The second-order valence-corrected chi connectivity index (χ2v) is 2.75. The van der Waals surface area contributed by atoms with Gasteiger partial charge in [0, 0.05) is 0 Å². The Morgan fingerprint density at radius 3 is 2.46 bits per heavy atom. The molecule has 0 radical (unpaired) electrons. The molecule has 4 heteroatoms. The Morgan fingerprint density at radius 1 is 1.46 bits per heavy atom. The molecule has 0 saturated carbocycles. The minimum absolute atomic E-state index is 0.164. The molecule has 0 amide bonds. The SMILES string of the molecule is CC(C(=O)ON)c1ccc(O)cc1. The first-order valence-corrected chi connectivity index (χ1v) is 3.84. The van der Waals surface area contributed by atoms with Crippen molar-refractivity contribution in [1.82, 2.24) is 0 Å². The topological polar surface area (TPSA) is 72.5 Å². The fraction of sp³-hybridized carbons (Fsp3) is 0.222. The van der Waals surface area contributed by atoms with Crippen molar-refractivity contribution in [2.24, 2.45) is 5.90 Å². The summed E-state index contributed by atoms with van der Waals surface area (Å²) < 4.78 is 0. The van der Waals surface area contributed by atoms with Gasteiger partial charge in [-0.15, -0.1) is 0 Å². The highest BCUT2D eigenvalue weighted by Gasteiger charge is 2.15. The van der Waals surface area contributed by atoms with Crippen LogP contribution in [-0.4, -0.2) is 11.1 Å². The Morgan fingerprint density at radius 2 is 2.00 bits per heavy atom. The number of phenolic OH excluding ortho intramolecular Hbond substituents is 1. The van der Waals surface area contributed by atoms with Gasteiger partial charge >= 0.3 is 5.97 Å². The summed E-state index contributed by atoms with van der Waals surface area (Å²) in [4.78, 5) is 15.1. The van der Waals surface area contributed by atoms with E-state index in [-0.39, 0.29) is 5.75 Å². The van der Waals surface area contributed by atoms with E-state index in [9.17, 15) is 4.79 Å². The number of carbonyl (C=O) groups excluding carboxylic acids is 1. The van der Waals surface area contributed by atoms with E-state index in [1.807, 2.05) is 0 Å². The Hall–Kier alpha value is -1.55. The van der Waals surface area contributed by atoms with Gasteiger partial charge in [0.1, 0.15) is 5.75 Å². The first-order valence-electron chi connectivity index (χ1n) is 3.84. The van der Waals surface area contributed by atoms with Crippen LogP contribution in [0, 0.1) is 0 Å². The monoisotopic (exact) mass is 181 g/mol. The number of benzene rings is 1. The molecule has 0 aromatic heterocycles. The standard InChI is InChI=1S/C9H11NO3/c1-6(9(12)13-10)7-2-4-8(11)5-3-7/h2-6,11H,10H2,1H3. The van der Waals surface area contributed by atoms with E-state index in [0.29, 0.717) is 0 Å². The third-order valence-corrected chi connectivity index (χ3v) is 1.86. The zero-order chi connectivity index (χ0) is 9.84. The molecule has 0 heterocycles. The number of carbonyl (C=O) groups is 1. The van der Waals surface area contributed by atoms with Crippen molar-refractivity contribution in [2.75, 3.05) is 0 Å². The van der Waals surface area contributed by atoms with Crippen molar-refractivity contribution in [1.29, 1.82) is 0 Å². The normalized spacial score (nSPS) is 12.2. The quantitative estimate of drug-likeness (QED) is 0.665. The summed E-state index contributed by atoms with van der Waals surface area (Å²) in [6.45, 7) is 1.68. The molecular weight excluding hydrogens is 170 g/mol. The van der Waals surface area contributed by atoms with Crippen molar-refractivity contribution < 1.29 is 14.7 Å². The molecule has 70 valence electrons. The molecule has 0 aliphatic rings. The van der Waals surface area contributed by atoms with Crippen molar-refractivity contribution >= 4 is 5.97 Å². The number of hydrogen-bond donors (Lipinski definition) is 2. The van der Waals surface area contributed by atoms with Crippen LogP contribution in [0.5, 0.6) is 5.75 Å². The highest BCUT2D eigenvalue weighted by molar-refractivity contribution is 5.77. The molecule has 1 unspecified atom stereocenters. The van der Waals surface area contributed by atoms with E-state index in [0.717, 1.165) is 5.56 Å². The van der Waals surface area contributed by atoms with Crippen LogP contribution >= 0.6 is 0 Å². The molecule has 1 aromatic rings. The van der Waals surface area contributed by atoms with Gasteiger partial charge in [-0.05, 0) is 24.6 Å². The van der Waals surface area contributed by atoms with Crippen LogP contribution in [-0.2, 0) is 9.63 Å². The van der Waals surface area contributed by atoms with E-state index in [4.69, 9.17) is 11.0 Å². The van der Waals surface area contributed by atoms with Crippen LogP contribution < -0.4 is 5.90 Å². The lowest BCUT2D eigenvalue weighted by Crippen LogP contribution is -2.16. The predicted molar refractivity (Wildman–Crippen MR) is 46.8 cm³/mol.